The summed E-state index contributed by atoms with van der Waals surface area (Å²) >= 11 is 3.37. The summed E-state index contributed by atoms with van der Waals surface area (Å²) in [5.74, 6) is -0.541. The van der Waals surface area contributed by atoms with E-state index in [1.807, 2.05) is 24.3 Å². The number of ether oxygens (including phenoxy) is 1. The Morgan fingerprint density at radius 1 is 1.24 bits per heavy atom. The molecule has 0 heterocycles. The molecule has 0 bridgehead atoms. The molecule has 1 saturated carbocycles. The Morgan fingerprint density at radius 2 is 2.00 bits per heavy atom. The van der Waals surface area contributed by atoms with Crippen LogP contribution in [0.15, 0.2) is 51.8 Å². The SMILES string of the molecule is Cc1ccc(S(=O)(=O)NC2CC2)cc1C(=O)OCc1cccc(Br)c1. The van der Waals surface area contributed by atoms with E-state index in [0.29, 0.717) is 5.56 Å². The highest BCUT2D eigenvalue weighted by Crippen LogP contribution is 2.23. The van der Waals surface area contributed by atoms with Crippen molar-refractivity contribution in [3.05, 3.63) is 63.6 Å². The zero-order valence-electron chi connectivity index (χ0n) is 13.7. The largest absolute Gasteiger partial charge is 0.457 e. The Hall–Kier alpha value is -1.70. The third kappa shape index (κ3) is 4.68. The molecule has 0 amide bonds. The fourth-order valence-corrected chi connectivity index (χ4v) is 4.11. The summed E-state index contributed by atoms with van der Waals surface area (Å²) in [4.78, 5) is 12.5. The molecule has 7 heteroatoms. The highest BCUT2D eigenvalue weighted by atomic mass is 79.9. The van der Waals surface area contributed by atoms with Crippen LogP contribution in [0.3, 0.4) is 0 Å². The summed E-state index contributed by atoms with van der Waals surface area (Å²) in [5.41, 5.74) is 1.78. The first-order chi connectivity index (χ1) is 11.8. The Bertz CT molecular complexity index is 907. The molecule has 3 rings (SSSR count). The van der Waals surface area contributed by atoms with Crippen LogP contribution in [0.5, 0.6) is 0 Å². The van der Waals surface area contributed by atoms with Crippen LogP contribution in [-0.4, -0.2) is 20.4 Å². The normalized spacial score (nSPS) is 14.3. The van der Waals surface area contributed by atoms with Crippen LogP contribution in [0, 0.1) is 6.92 Å². The van der Waals surface area contributed by atoms with Crippen molar-refractivity contribution in [3.63, 3.8) is 0 Å². The van der Waals surface area contributed by atoms with Gasteiger partial charge in [0.05, 0.1) is 10.5 Å². The summed E-state index contributed by atoms with van der Waals surface area (Å²) in [6.45, 7) is 1.87. The average molecular weight is 424 g/mol. The third-order valence-electron chi connectivity index (χ3n) is 3.90. The highest BCUT2D eigenvalue weighted by molar-refractivity contribution is 9.10. The molecule has 25 heavy (non-hydrogen) atoms. The minimum Gasteiger partial charge on any atom is -0.457 e. The maximum absolute atomic E-state index is 12.4. The van der Waals surface area contributed by atoms with Crippen LogP contribution in [0.4, 0.5) is 0 Å². The zero-order valence-corrected chi connectivity index (χ0v) is 16.1. The lowest BCUT2D eigenvalue weighted by Gasteiger charge is -2.11. The van der Waals surface area contributed by atoms with Gasteiger partial charge in [0.15, 0.2) is 0 Å². The van der Waals surface area contributed by atoms with E-state index in [1.54, 1.807) is 13.0 Å². The number of carbonyl (C=O) groups is 1. The van der Waals surface area contributed by atoms with E-state index in [-0.39, 0.29) is 23.1 Å². The van der Waals surface area contributed by atoms with Crippen molar-refractivity contribution in [2.24, 2.45) is 0 Å². The maximum atomic E-state index is 12.4. The van der Waals surface area contributed by atoms with Crippen LogP contribution >= 0.6 is 15.9 Å². The van der Waals surface area contributed by atoms with Gasteiger partial charge < -0.3 is 4.74 Å². The van der Waals surface area contributed by atoms with Gasteiger partial charge in [-0.05, 0) is 55.2 Å². The summed E-state index contributed by atoms with van der Waals surface area (Å²) in [7, 11) is -3.61. The average Bonchev–Trinajstić information content (AvgIpc) is 3.36. The van der Waals surface area contributed by atoms with Gasteiger partial charge in [0, 0.05) is 10.5 Å². The molecule has 0 aromatic heterocycles. The number of nitrogens with one attached hydrogen (secondary N) is 1. The Morgan fingerprint density at radius 3 is 2.68 bits per heavy atom. The zero-order chi connectivity index (χ0) is 18.0. The van der Waals surface area contributed by atoms with E-state index in [0.717, 1.165) is 22.9 Å². The van der Waals surface area contributed by atoms with Gasteiger partial charge in [-0.3, -0.25) is 0 Å². The van der Waals surface area contributed by atoms with Gasteiger partial charge in [-0.1, -0.05) is 34.1 Å². The molecule has 0 aliphatic heterocycles. The summed E-state index contributed by atoms with van der Waals surface area (Å²) in [6, 6.07) is 12.0. The van der Waals surface area contributed by atoms with Crippen molar-refractivity contribution >= 4 is 31.9 Å². The van der Waals surface area contributed by atoms with Crippen molar-refractivity contribution in [2.75, 3.05) is 0 Å². The predicted molar refractivity (Wildman–Crippen MR) is 97.8 cm³/mol. The topological polar surface area (TPSA) is 72.5 Å². The Balaban J connectivity index is 1.76. The molecule has 0 atom stereocenters. The second-order valence-electron chi connectivity index (χ2n) is 6.08. The first-order valence-corrected chi connectivity index (χ1v) is 10.2. The number of benzene rings is 2. The monoisotopic (exact) mass is 423 g/mol. The fourth-order valence-electron chi connectivity index (χ4n) is 2.33. The van der Waals surface area contributed by atoms with Gasteiger partial charge in [-0.15, -0.1) is 0 Å². The molecule has 132 valence electrons. The number of esters is 1. The Labute approximate surface area is 155 Å². The molecule has 1 fully saturated rings. The highest BCUT2D eigenvalue weighted by Gasteiger charge is 2.28. The smallest absolute Gasteiger partial charge is 0.338 e. The molecule has 0 unspecified atom stereocenters. The summed E-state index contributed by atoms with van der Waals surface area (Å²) < 4.78 is 33.5. The van der Waals surface area contributed by atoms with Crippen LogP contribution in [0.25, 0.3) is 0 Å². The number of halogens is 1. The number of hydrogen-bond acceptors (Lipinski definition) is 4. The van der Waals surface area contributed by atoms with E-state index in [1.165, 1.54) is 12.1 Å². The van der Waals surface area contributed by atoms with Gasteiger partial charge in [0.25, 0.3) is 0 Å². The van der Waals surface area contributed by atoms with Gasteiger partial charge in [0.2, 0.25) is 10.0 Å². The van der Waals surface area contributed by atoms with Crippen molar-refractivity contribution in [3.8, 4) is 0 Å². The number of carbonyl (C=O) groups excluding carboxylic acids is 1. The van der Waals surface area contributed by atoms with Crippen molar-refractivity contribution < 1.29 is 17.9 Å². The number of aryl methyl sites for hydroxylation is 1. The molecular formula is C18H18BrNO4S. The van der Waals surface area contributed by atoms with E-state index in [4.69, 9.17) is 4.74 Å². The Kier molecular flexibility index (Phi) is 5.27. The fraction of sp³-hybridized carbons (Fsp3) is 0.278. The van der Waals surface area contributed by atoms with Crippen molar-refractivity contribution in [2.45, 2.75) is 37.3 Å². The second kappa shape index (κ2) is 7.27. The van der Waals surface area contributed by atoms with E-state index in [9.17, 15) is 13.2 Å². The van der Waals surface area contributed by atoms with E-state index >= 15 is 0 Å². The summed E-state index contributed by atoms with van der Waals surface area (Å²) in [6.07, 6.45) is 1.71. The van der Waals surface area contributed by atoms with Crippen LogP contribution in [0.2, 0.25) is 0 Å². The standard InChI is InChI=1S/C18H18BrNO4S/c1-12-5-8-16(25(22,23)20-15-6-7-15)10-17(12)18(21)24-11-13-3-2-4-14(19)9-13/h2-5,8-10,15,20H,6-7,11H2,1H3. The first-order valence-electron chi connectivity index (χ1n) is 7.90. The molecule has 1 aliphatic rings. The molecule has 0 saturated heterocycles. The molecule has 5 nitrogen and oxygen atoms in total. The molecule has 1 aliphatic carbocycles. The molecule has 2 aromatic rings. The van der Waals surface area contributed by atoms with Crippen LogP contribution < -0.4 is 4.72 Å². The number of sulfonamides is 1. The minimum absolute atomic E-state index is 0.0123. The van der Waals surface area contributed by atoms with Gasteiger partial charge >= 0.3 is 5.97 Å². The third-order valence-corrected chi connectivity index (χ3v) is 5.91. The molecule has 1 N–H and O–H groups in total. The van der Waals surface area contributed by atoms with Gasteiger partial charge in [-0.2, -0.15) is 0 Å². The lowest BCUT2D eigenvalue weighted by atomic mass is 10.1. The lowest BCUT2D eigenvalue weighted by molar-refractivity contribution is 0.0471. The lowest BCUT2D eigenvalue weighted by Crippen LogP contribution is -2.26. The van der Waals surface area contributed by atoms with Crippen molar-refractivity contribution in [1.82, 2.24) is 4.72 Å². The number of hydrogen-bond donors (Lipinski definition) is 1. The summed E-state index contributed by atoms with van der Waals surface area (Å²) in [5, 5.41) is 0. The van der Waals surface area contributed by atoms with E-state index in [2.05, 4.69) is 20.7 Å². The van der Waals surface area contributed by atoms with Gasteiger partial charge in [0.1, 0.15) is 6.61 Å². The maximum Gasteiger partial charge on any atom is 0.338 e. The quantitative estimate of drug-likeness (QED) is 0.720. The molecular weight excluding hydrogens is 406 g/mol. The second-order valence-corrected chi connectivity index (χ2v) is 8.71. The van der Waals surface area contributed by atoms with Crippen molar-refractivity contribution in [1.29, 1.82) is 0 Å². The van der Waals surface area contributed by atoms with Gasteiger partial charge in [-0.25, -0.2) is 17.9 Å². The molecule has 2 aromatic carbocycles. The van der Waals surface area contributed by atoms with Crippen LogP contribution in [-0.2, 0) is 21.4 Å². The minimum atomic E-state index is -3.61. The number of rotatable bonds is 6. The first kappa shape index (κ1) is 18.1. The van der Waals surface area contributed by atoms with Crippen LogP contribution in [0.1, 0.15) is 34.3 Å². The molecule has 0 spiro atoms. The van der Waals surface area contributed by atoms with E-state index < -0.39 is 16.0 Å². The predicted octanol–water partition coefficient (Wildman–Crippen LogP) is 3.56. The molecule has 0 radical (unpaired) electrons.